The van der Waals surface area contributed by atoms with Gasteiger partial charge < -0.3 is 29.3 Å². The van der Waals surface area contributed by atoms with Crippen molar-refractivity contribution in [3.05, 3.63) is 54.2 Å². The SMILES string of the molecule is Cc1cc(N2CCN(C(=O)OC(C)(C)C)CC2CC(=O)NC(C)c2ccc3c(c2)OCCO3)nc(-n2ccnc2)n1. The minimum Gasteiger partial charge on any atom is -0.486 e. The van der Waals surface area contributed by atoms with E-state index < -0.39 is 11.7 Å². The standard InChI is InChI=1S/C29H37N7O5/c1-19-14-25(33-27(31-19)35-9-8-30-18-35)36-11-10-34(28(38)41-29(3,4)5)17-22(36)16-26(37)32-20(2)21-6-7-23-24(15-21)40-13-12-39-23/h6-9,14-15,18,20,22H,10-13,16-17H2,1-5H3,(H,32,37). The summed E-state index contributed by atoms with van der Waals surface area (Å²) in [6, 6.07) is 6.99. The van der Waals surface area contributed by atoms with E-state index in [1.165, 1.54) is 0 Å². The van der Waals surface area contributed by atoms with Crippen molar-refractivity contribution in [1.29, 1.82) is 0 Å². The number of benzene rings is 1. The lowest BCUT2D eigenvalue weighted by atomic mass is 10.0. The minimum atomic E-state index is -0.621. The topological polar surface area (TPSA) is 124 Å². The van der Waals surface area contributed by atoms with Gasteiger partial charge in [0, 0.05) is 50.2 Å². The molecule has 41 heavy (non-hydrogen) atoms. The molecule has 3 aromatic rings. The predicted molar refractivity (Wildman–Crippen MR) is 151 cm³/mol. The Morgan fingerprint density at radius 1 is 1.12 bits per heavy atom. The Morgan fingerprint density at radius 2 is 1.90 bits per heavy atom. The number of carbonyl (C=O) groups is 2. The number of nitrogens with zero attached hydrogens (tertiary/aromatic N) is 6. The number of imidazole rings is 1. The van der Waals surface area contributed by atoms with E-state index in [0.29, 0.717) is 56.1 Å². The molecule has 2 aromatic heterocycles. The van der Waals surface area contributed by atoms with Crippen LogP contribution in [0.5, 0.6) is 11.5 Å². The second kappa shape index (κ2) is 11.6. The molecular formula is C29H37N7O5. The highest BCUT2D eigenvalue weighted by Crippen LogP contribution is 2.32. The van der Waals surface area contributed by atoms with Gasteiger partial charge in [-0.3, -0.25) is 9.36 Å². The molecule has 2 aliphatic heterocycles. The van der Waals surface area contributed by atoms with Gasteiger partial charge in [0.15, 0.2) is 11.5 Å². The van der Waals surface area contributed by atoms with Gasteiger partial charge in [-0.1, -0.05) is 6.07 Å². The van der Waals surface area contributed by atoms with E-state index in [2.05, 4.69) is 20.2 Å². The molecule has 4 heterocycles. The summed E-state index contributed by atoms with van der Waals surface area (Å²) < 4.78 is 18.7. The van der Waals surface area contributed by atoms with Gasteiger partial charge >= 0.3 is 6.09 Å². The van der Waals surface area contributed by atoms with Gasteiger partial charge in [-0.15, -0.1) is 0 Å². The van der Waals surface area contributed by atoms with E-state index in [1.54, 1.807) is 28.2 Å². The molecule has 0 bridgehead atoms. The summed E-state index contributed by atoms with van der Waals surface area (Å²) in [5.41, 5.74) is 1.07. The van der Waals surface area contributed by atoms with E-state index >= 15 is 0 Å². The molecule has 5 rings (SSSR count). The summed E-state index contributed by atoms with van der Waals surface area (Å²) in [7, 11) is 0. The molecule has 0 saturated carbocycles. The number of rotatable bonds is 6. The number of hydrogen-bond donors (Lipinski definition) is 1. The average molecular weight is 564 g/mol. The van der Waals surface area contributed by atoms with Gasteiger partial charge in [-0.05, 0) is 52.3 Å². The zero-order valence-electron chi connectivity index (χ0n) is 24.2. The fourth-order valence-electron chi connectivity index (χ4n) is 4.93. The number of fused-ring (bicyclic) bond motifs is 1. The Hall–Kier alpha value is -4.35. The van der Waals surface area contributed by atoms with Crippen molar-refractivity contribution in [2.24, 2.45) is 0 Å². The molecule has 0 aliphatic carbocycles. The molecule has 2 unspecified atom stereocenters. The number of piperazine rings is 1. The fraction of sp³-hybridized carbons (Fsp3) is 0.483. The highest BCUT2D eigenvalue weighted by molar-refractivity contribution is 5.78. The number of anilines is 1. The Labute approximate surface area is 239 Å². The van der Waals surface area contributed by atoms with Crippen LogP contribution in [0.2, 0.25) is 0 Å². The van der Waals surface area contributed by atoms with Crippen LogP contribution in [0.3, 0.4) is 0 Å². The van der Waals surface area contributed by atoms with E-state index in [0.717, 1.165) is 11.3 Å². The van der Waals surface area contributed by atoms with Crippen LogP contribution in [0.25, 0.3) is 5.95 Å². The molecule has 1 N–H and O–H groups in total. The summed E-state index contributed by atoms with van der Waals surface area (Å²) in [5.74, 6) is 2.40. The van der Waals surface area contributed by atoms with Crippen molar-refractivity contribution in [3.63, 3.8) is 0 Å². The normalized spacial score (nSPS) is 17.6. The van der Waals surface area contributed by atoms with Gasteiger partial charge in [0.1, 0.15) is 31.0 Å². The van der Waals surface area contributed by atoms with Crippen molar-refractivity contribution in [3.8, 4) is 17.4 Å². The average Bonchev–Trinajstić information content (AvgIpc) is 3.47. The predicted octanol–water partition coefficient (Wildman–Crippen LogP) is 3.44. The quantitative estimate of drug-likeness (QED) is 0.480. The molecule has 2 atom stereocenters. The van der Waals surface area contributed by atoms with Crippen LogP contribution in [0, 0.1) is 6.92 Å². The first kappa shape index (κ1) is 28.2. The monoisotopic (exact) mass is 563 g/mol. The van der Waals surface area contributed by atoms with E-state index in [9.17, 15) is 9.59 Å². The molecule has 12 heteroatoms. The van der Waals surface area contributed by atoms with E-state index in [-0.39, 0.29) is 24.4 Å². The summed E-state index contributed by atoms with van der Waals surface area (Å²) in [4.78, 5) is 43.5. The Kier molecular flexibility index (Phi) is 8.00. The Bertz CT molecular complexity index is 1390. The number of aryl methyl sites for hydroxylation is 1. The van der Waals surface area contributed by atoms with Crippen LogP contribution in [-0.2, 0) is 9.53 Å². The first-order valence-corrected chi connectivity index (χ1v) is 13.8. The van der Waals surface area contributed by atoms with Crippen molar-refractivity contribution < 1.29 is 23.8 Å². The zero-order valence-corrected chi connectivity index (χ0v) is 24.2. The van der Waals surface area contributed by atoms with Crippen molar-refractivity contribution in [1.82, 2.24) is 29.7 Å². The third-order valence-corrected chi connectivity index (χ3v) is 6.86. The first-order valence-electron chi connectivity index (χ1n) is 13.8. The second-order valence-electron chi connectivity index (χ2n) is 11.3. The summed E-state index contributed by atoms with van der Waals surface area (Å²) in [6.07, 6.45) is 4.84. The number of amides is 2. The fourth-order valence-corrected chi connectivity index (χ4v) is 4.93. The largest absolute Gasteiger partial charge is 0.486 e. The van der Waals surface area contributed by atoms with Gasteiger partial charge in [-0.2, -0.15) is 4.98 Å². The number of aromatic nitrogens is 4. The zero-order chi connectivity index (χ0) is 29.1. The van der Waals surface area contributed by atoms with Crippen LogP contribution < -0.4 is 19.7 Å². The smallest absolute Gasteiger partial charge is 0.410 e. The van der Waals surface area contributed by atoms with E-state index in [4.69, 9.17) is 19.2 Å². The van der Waals surface area contributed by atoms with Crippen LogP contribution in [-0.4, -0.2) is 80.9 Å². The maximum absolute atomic E-state index is 13.4. The molecule has 0 radical (unpaired) electrons. The third-order valence-electron chi connectivity index (χ3n) is 6.86. The maximum atomic E-state index is 13.4. The van der Waals surface area contributed by atoms with Gasteiger partial charge in [0.25, 0.3) is 0 Å². The summed E-state index contributed by atoms with van der Waals surface area (Å²) in [6.45, 7) is 11.6. The van der Waals surface area contributed by atoms with Crippen LogP contribution >= 0.6 is 0 Å². The van der Waals surface area contributed by atoms with Crippen molar-refractivity contribution in [2.75, 3.05) is 37.7 Å². The van der Waals surface area contributed by atoms with Crippen molar-refractivity contribution in [2.45, 2.75) is 58.7 Å². The lowest BCUT2D eigenvalue weighted by Gasteiger charge is -2.42. The Morgan fingerprint density at radius 3 is 2.63 bits per heavy atom. The molecule has 0 spiro atoms. The van der Waals surface area contributed by atoms with Gasteiger partial charge in [-0.25, -0.2) is 14.8 Å². The highest BCUT2D eigenvalue weighted by Gasteiger charge is 2.34. The second-order valence-corrected chi connectivity index (χ2v) is 11.3. The molecule has 218 valence electrons. The number of nitrogens with one attached hydrogen (secondary N) is 1. The van der Waals surface area contributed by atoms with Crippen LogP contribution in [0.1, 0.15) is 51.4 Å². The van der Waals surface area contributed by atoms with Crippen LogP contribution in [0.15, 0.2) is 43.0 Å². The lowest BCUT2D eigenvalue weighted by molar-refractivity contribution is -0.122. The molecule has 1 aromatic carbocycles. The molecule has 2 amide bonds. The maximum Gasteiger partial charge on any atom is 0.410 e. The summed E-state index contributed by atoms with van der Waals surface area (Å²) in [5, 5.41) is 3.11. The minimum absolute atomic E-state index is 0.144. The van der Waals surface area contributed by atoms with Gasteiger partial charge in [0.2, 0.25) is 11.9 Å². The van der Waals surface area contributed by atoms with Crippen LogP contribution in [0.4, 0.5) is 10.6 Å². The summed E-state index contributed by atoms with van der Waals surface area (Å²) >= 11 is 0. The molecule has 1 saturated heterocycles. The van der Waals surface area contributed by atoms with E-state index in [1.807, 2.05) is 58.9 Å². The molecule has 1 fully saturated rings. The number of carbonyl (C=O) groups excluding carboxylic acids is 2. The Balaban J connectivity index is 1.35. The lowest BCUT2D eigenvalue weighted by Crippen LogP contribution is -2.57. The molecule has 2 aliphatic rings. The molecular weight excluding hydrogens is 526 g/mol. The third kappa shape index (κ3) is 6.87. The first-order chi connectivity index (χ1) is 19.6. The highest BCUT2D eigenvalue weighted by atomic mass is 16.6. The van der Waals surface area contributed by atoms with Gasteiger partial charge in [0.05, 0.1) is 12.1 Å². The van der Waals surface area contributed by atoms with Crippen molar-refractivity contribution >= 4 is 17.8 Å². The number of hydrogen-bond acceptors (Lipinski definition) is 9. The number of ether oxygens (including phenoxy) is 3. The molecule has 12 nitrogen and oxygen atoms in total.